The zero-order chi connectivity index (χ0) is 17.2. The second-order valence-electron chi connectivity index (χ2n) is 6.37. The summed E-state index contributed by atoms with van der Waals surface area (Å²) >= 11 is 0. The van der Waals surface area contributed by atoms with E-state index in [2.05, 4.69) is 21.5 Å². The minimum Gasteiger partial charge on any atom is -0.373 e. The van der Waals surface area contributed by atoms with Crippen LogP contribution >= 0.6 is 0 Å². The van der Waals surface area contributed by atoms with E-state index in [9.17, 15) is 5.26 Å². The van der Waals surface area contributed by atoms with Crippen molar-refractivity contribution in [3.8, 4) is 6.07 Å². The summed E-state index contributed by atoms with van der Waals surface area (Å²) in [6.45, 7) is 1.48. The van der Waals surface area contributed by atoms with Gasteiger partial charge in [-0.1, -0.05) is 6.07 Å². The first kappa shape index (κ1) is 15.7. The molecule has 1 aliphatic heterocycles. The van der Waals surface area contributed by atoms with E-state index >= 15 is 0 Å². The van der Waals surface area contributed by atoms with Crippen LogP contribution in [-0.2, 0) is 11.8 Å². The number of fused-ring (bicyclic) bond motifs is 1. The van der Waals surface area contributed by atoms with Crippen LogP contribution in [0, 0.1) is 17.2 Å². The van der Waals surface area contributed by atoms with Gasteiger partial charge >= 0.3 is 0 Å². The molecule has 2 atom stereocenters. The van der Waals surface area contributed by atoms with Crippen molar-refractivity contribution in [2.24, 2.45) is 13.0 Å². The molecule has 0 aliphatic carbocycles. The number of aryl methyl sites for hydroxylation is 1. The molecule has 128 valence electrons. The summed E-state index contributed by atoms with van der Waals surface area (Å²) in [6.07, 6.45) is 7.87. The molecule has 0 bridgehead atoms. The van der Waals surface area contributed by atoms with E-state index in [1.54, 1.807) is 9.08 Å². The Balaban J connectivity index is 1.54. The Morgan fingerprint density at radius 2 is 2.36 bits per heavy atom. The highest BCUT2D eigenvalue weighted by Gasteiger charge is 2.28. The molecule has 0 amide bonds. The molecular weight excluding hydrogens is 316 g/mol. The Kier molecular flexibility index (Phi) is 4.12. The lowest BCUT2D eigenvalue weighted by Crippen LogP contribution is -2.28. The number of aromatic nitrogens is 4. The molecule has 1 saturated heterocycles. The molecule has 7 heteroatoms. The molecule has 3 aromatic rings. The number of nitriles is 1. The molecule has 0 unspecified atom stereocenters. The van der Waals surface area contributed by atoms with Gasteiger partial charge in [-0.2, -0.15) is 10.4 Å². The van der Waals surface area contributed by atoms with Gasteiger partial charge in [0.25, 0.3) is 0 Å². The van der Waals surface area contributed by atoms with E-state index in [-0.39, 0.29) is 6.10 Å². The van der Waals surface area contributed by atoms with E-state index in [1.807, 2.05) is 43.8 Å². The SMILES string of the molecule is Cn1cc([C@@H]2OCCC[C@H]2CNc2nc3ccccn3c2C#N)cn1. The summed E-state index contributed by atoms with van der Waals surface area (Å²) < 4.78 is 9.61. The van der Waals surface area contributed by atoms with Crippen LogP contribution in [0.3, 0.4) is 0 Å². The Morgan fingerprint density at radius 3 is 3.16 bits per heavy atom. The third-order valence-electron chi connectivity index (χ3n) is 4.67. The largest absolute Gasteiger partial charge is 0.373 e. The predicted octanol–water partition coefficient (Wildman–Crippen LogP) is 2.52. The van der Waals surface area contributed by atoms with E-state index in [0.29, 0.717) is 24.0 Å². The van der Waals surface area contributed by atoms with Crippen LogP contribution in [0.15, 0.2) is 36.8 Å². The monoisotopic (exact) mass is 336 g/mol. The maximum absolute atomic E-state index is 9.49. The number of nitrogens with one attached hydrogen (secondary N) is 1. The summed E-state index contributed by atoms with van der Waals surface area (Å²) in [7, 11) is 1.91. The van der Waals surface area contributed by atoms with Crippen LogP contribution in [0.2, 0.25) is 0 Å². The van der Waals surface area contributed by atoms with E-state index in [4.69, 9.17) is 4.74 Å². The average molecular weight is 336 g/mol. The molecule has 0 spiro atoms. The molecule has 1 aliphatic rings. The van der Waals surface area contributed by atoms with Gasteiger partial charge in [0.05, 0.1) is 12.3 Å². The van der Waals surface area contributed by atoms with E-state index < -0.39 is 0 Å². The summed E-state index contributed by atoms with van der Waals surface area (Å²) in [4.78, 5) is 4.54. The summed E-state index contributed by atoms with van der Waals surface area (Å²) in [5.41, 5.74) is 2.40. The summed E-state index contributed by atoms with van der Waals surface area (Å²) in [6, 6.07) is 7.96. The van der Waals surface area contributed by atoms with Crippen LogP contribution in [0.25, 0.3) is 5.65 Å². The van der Waals surface area contributed by atoms with Gasteiger partial charge in [0.1, 0.15) is 11.7 Å². The van der Waals surface area contributed by atoms with E-state index in [1.165, 1.54) is 0 Å². The molecule has 7 nitrogen and oxygen atoms in total. The van der Waals surface area contributed by atoms with Crippen molar-refractivity contribution >= 4 is 11.5 Å². The van der Waals surface area contributed by atoms with Gasteiger partial charge in [-0.15, -0.1) is 0 Å². The molecule has 3 aromatic heterocycles. The van der Waals surface area contributed by atoms with Gasteiger partial charge in [0.2, 0.25) is 0 Å². The van der Waals surface area contributed by atoms with Crippen molar-refractivity contribution in [3.63, 3.8) is 0 Å². The number of imidazole rings is 1. The molecule has 0 aromatic carbocycles. The third-order valence-corrected chi connectivity index (χ3v) is 4.67. The molecule has 1 N–H and O–H groups in total. The minimum atomic E-state index is 0.0255. The third kappa shape index (κ3) is 2.96. The zero-order valence-electron chi connectivity index (χ0n) is 14.1. The number of ether oxygens (including phenoxy) is 1. The standard InChI is InChI=1S/C18H20N6O/c1-23-12-14(11-21-23)17-13(5-4-8-25-17)10-20-18-15(9-19)24-7-3-2-6-16(24)22-18/h2-3,6-7,11-13,17,20H,4-5,8,10H2,1H3/t13-,17+/m0/s1. The fourth-order valence-corrected chi connectivity index (χ4v) is 3.46. The first-order chi connectivity index (χ1) is 12.3. The maximum atomic E-state index is 9.49. The van der Waals surface area contributed by atoms with Crippen molar-refractivity contribution in [1.29, 1.82) is 5.26 Å². The number of nitrogens with zero attached hydrogens (tertiary/aromatic N) is 5. The second-order valence-corrected chi connectivity index (χ2v) is 6.37. The topological polar surface area (TPSA) is 80.2 Å². The van der Waals surface area contributed by atoms with Crippen LogP contribution < -0.4 is 5.32 Å². The van der Waals surface area contributed by atoms with Crippen LogP contribution in [0.1, 0.15) is 30.2 Å². The second kappa shape index (κ2) is 6.57. The predicted molar refractivity (Wildman–Crippen MR) is 93.0 cm³/mol. The fraction of sp³-hybridized carbons (Fsp3) is 0.389. The van der Waals surface area contributed by atoms with Crippen LogP contribution in [0.5, 0.6) is 0 Å². The van der Waals surface area contributed by atoms with Crippen LogP contribution in [0.4, 0.5) is 5.82 Å². The Morgan fingerprint density at radius 1 is 1.44 bits per heavy atom. The van der Waals surface area contributed by atoms with Crippen molar-refractivity contribution in [2.45, 2.75) is 18.9 Å². The molecule has 25 heavy (non-hydrogen) atoms. The van der Waals surface area contributed by atoms with Gasteiger partial charge in [0, 0.05) is 44.1 Å². The molecule has 4 heterocycles. The fourth-order valence-electron chi connectivity index (χ4n) is 3.46. The lowest BCUT2D eigenvalue weighted by molar-refractivity contribution is -0.0239. The molecule has 0 radical (unpaired) electrons. The highest BCUT2D eigenvalue weighted by molar-refractivity contribution is 5.58. The average Bonchev–Trinajstić information content (AvgIpc) is 3.23. The number of hydrogen-bond donors (Lipinski definition) is 1. The van der Waals surface area contributed by atoms with Gasteiger partial charge < -0.3 is 10.1 Å². The van der Waals surface area contributed by atoms with Crippen molar-refractivity contribution in [3.05, 3.63) is 48.0 Å². The van der Waals surface area contributed by atoms with Gasteiger partial charge in [-0.05, 0) is 25.0 Å². The Bertz CT molecular complexity index is 921. The van der Waals surface area contributed by atoms with Crippen molar-refractivity contribution < 1.29 is 4.74 Å². The van der Waals surface area contributed by atoms with Gasteiger partial charge in [-0.3, -0.25) is 9.08 Å². The van der Waals surface area contributed by atoms with Crippen molar-refractivity contribution in [1.82, 2.24) is 19.2 Å². The molecule has 0 saturated carbocycles. The Labute approximate surface area is 145 Å². The van der Waals surface area contributed by atoms with Crippen molar-refractivity contribution in [2.75, 3.05) is 18.5 Å². The first-order valence-electron chi connectivity index (χ1n) is 8.47. The molecular formula is C18H20N6O. The number of anilines is 1. The van der Waals surface area contributed by atoms with Gasteiger partial charge in [-0.25, -0.2) is 4.98 Å². The Hall–Kier alpha value is -2.85. The molecule has 1 fully saturated rings. The number of hydrogen-bond acceptors (Lipinski definition) is 5. The van der Waals surface area contributed by atoms with E-state index in [0.717, 1.165) is 30.7 Å². The smallest absolute Gasteiger partial charge is 0.168 e. The zero-order valence-corrected chi connectivity index (χ0v) is 14.1. The van der Waals surface area contributed by atoms with Crippen LogP contribution in [-0.4, -0.2) is 32.3 Å². The van der Waals surface area contributed by atoms with Gasteiger partial charge in [0.15, 0.2) is 11.5 Å². The molecule has 4 rings (SSSR count). The highest BCUT2D eigenvalue weighted by Crippen LogP contribution is 2.33. The summed E-state index contributed by atoms with van der Waals surface area (Å²) in [5.74, 6) is 0.943. The first-order valence-corrected chi connectivity index (χ1v) is 8.47. The maximum Gasteiger partial charge on any atom is 0.168 e. The number of pyridine rings is 1. The highest BCUT2D eigenvalue weighted by atomic mass is 16.5. The minimum absolute atomic E-state index is 0.0255. The normalized spacial score (nSPS) is 20.5. The summed E-state index contributed by atoms with van der Waals surface area (Å²) in [5, 5.41) is 17.1. The lowest BCUT2D eigenvalue weighted by atomic mass is 9.91. The quantitative estimate of drug-likeness (QED) is 0.792. The lowest BCUT2D eigenvalue weighted by Gasteiger charge is -2.31. The number of rotatable bonds is 4.